The Morgan fingerprint density at radius 3 is 1.66 bits per heavy atom. The fourth-order valence-corrected chi connectivity index (χ4v) is 12.0. The van der Waals surface area contributed by atoms with Gasteiger partial charge in [-0.1, -0.05) is 135 Å². The summed E-state index contributed by atoms with van der Waals surface area (Å²) in [7, 11) is 0. The molecule has 12 rings (SSSR count). The van der Waals surface area contributed by atoms with Crippen molar-refractivity contribution in [1.82, 2.24) is 4.48 Å². The second kappa shape index (κ2) is 14.4. The van der Waals surface area contributed by atoms with Gasteiger partial charge in [0.2, 0.25) is 0 Å². The summed E-state index contributed by atoms with van der Waals surface area (Å²) in [6.07, 6.45) is 0. The largest absolute Gasteiger partial charge is 0.456 e. The maximum Gasteiger partial charge on any atom is 0.333 e. The molecule has 0 unspecified atom stereocenters. The number of aromatic nitrogens is 1. The molecule has 0 N–H and O–H groups in total. The molecule has 3 nitrogen and oxygen atoms in total. The smallest absolute Gasteiger partial charge is 0.333 e. The number of fused-ring (bicyclic) bond motifs is 11. The molecule has 0 amide bonds. The van der Waals surface area contributed by atoms with Crippen molar-refractivity contribution in [1.29, 1.82) is 0 Å². The molecule has 0 bridgehead atoms. The molecule has 0 saturated heterocycles. The molecule has 4 heteroatoms. The first-order valence-corrected chi connectivity index (χ1v) is 24.6. The zero-order valence-electron chi connectivity index (χ0n) is 42.1. The molecule has 0 aliphatic carbocycles. The molecular weight excluding hydrogens is 824 g/mol. The van der Waals surface area contributed by atoms with E-state index in [1.54, 1.807) is 0 Å². The van der Waals surface area contributed by atoms with Crippen LogP contribution in [0.5, 0.6) is 0 Å². The van der Waals surface area contributed by atoms with Gasteiger partial charge in [0.1, 0.15) is 11.2 Å². The van der Waals surface area contributed by atoms with E-state index < -0.39 is 0 Å². The van der Waals surface area contributed by atoms with E-state index in [0.717, 1.165) is 22.5 Å². The quantitative estimate of drug-likeness (QED) is 0.165. The SMILES string of the molecule is Cc1cccc(C)c1-c1cccc(N2c3cc(-c4c(C)cccc4C)ccc3B3c4c2cc2oc5ccc(C(C)(C)C)cc5c2c4-c2cc(C(C)(C)C)cc4c5cc(C(C)(C)C)ccc5n3c24)c1. The van der Waals surface area contributed by atoms with Gasteiger partial charge in [0.25, 0.3) is 0 Å². The zero-order valence-corrected chi connectivity index (χ0v) is 42.1. The summed E-state index contributed by atoms with van der Waals surface area (Å²) >= 11 is 0. The third kappa shape index (κ3) is 6.18. The number of anilines is 3. The van der Waals surface area contributed by atoms with Gasteiger partial charge in [0.15, 0.2) is 0 Å². The summed E-state index contributed by atoms with van der Waals surface area (Å²) in [5.74, 6) is 0. The molecule has 0 fully saturated rings. The highest BCUT2D eigenvalue weighted by Crippen LogP contribution is 2.52. The van der Waals surface area contributed by atoms with E-state index in [1.165, 1.54) is 122 Å². The van der Waals surface area contributed by atoms with Gasteiger partial charge < -0.3 is 13.8 Å². The molecule has 0 spiro atoms. The van der Waals surface area contributed by atoms with Crippen LogP contribution in [0.1, 0.15) is 101 Å². The van der Waals surface area contributed by atoms with Crippen molar-refractivity contribution in [3.8, 4) is 33.4 Å². The third-order valence-electron chi connectivity index (χ3n) is 15.5. The van der Waals surface area contributed by atoms with Crippen molar-refractivity contribution in [2.45, 2.75) is 106 Å². The molecule has 2 aromatic heterocycles. The molecule has 2 aliphatic heterocycles. The topological polar surface area (TPSA) is 21.3 Å². The van der Waals surface area contributed by atoms with E-state index in [2.05, 4.69) is 233 Å². The maximum atomic E-state index is 7.17. The van der Waals surface area contributed by atoms with Gasteiger partial charge in [-0.2, -0.15) is 0 Å². The minimum atomic E-state index is -0.117. The molecular formula is C64H61BN2O. The van der Waals surface area contributed by atoms with Gasteiger partial charge in [0.05, 0.1) is 0 Å². The molecule has 10 aromatic rings. The Bertz CT molecular complexity index is 3760. The Morgan fingerprint density at radius 2 is 1.03 bits per heavy atom. The molecule has 8 aromatic carbocycles. The van der Waals surface area contributed by atoms with Crippen molar-refractivity contribution >= 4 is 78.6 Å². The van der Waals surface area contributed by atoms with Crippen LogP contribution < -0.4 is 15.8 Å². The average Bonchev–Trinajstić information content (AvgIpc) is 3.81. The summed E-state index contributed by atoms with van der Waals surface area (Å²) in [6.45, 7) is 29.9. The normalized spacial score (nSPS) is 13.6. The van der Waals surface area contributed by atoms with Crippen molar-refractivity contribution in [2.75, 3.05) is 4.90 Å². The molecule has 0 atom stereocenters. The van der Waals surface area contributed by atoms with Gasteiger partial charge in [-0.15, -0.1) is 0 Å². The second-order valence-corrected chi connectivity index (χ2v) is 23.2. The summed E-state index contributed by atoms with van der Waals surface area (Å²) in [6, 6.07) is 51.5. The monoisotopic (exact) mass is 884 g/mol. The van der Waals surface area contributed by atoms with Crippen LogP contribution in [0.15, 0.2) is 138 Å². The van der Waals surface area contributed by atoms with Crippen LogP contribution in [0.3, 0.4) is 0 Å². The Morgan fingerprint density at radius 1 is 0.456 bits per heavy atom. The van der Waals surface area contributed by atoms with Crippen LogP contribution in [-0.2, 0) is 16.2 Å². The second-order valence-electron chi connectivity index (χ2n) is 23.2. The average molecular weight is 885 g/mol. The Kier molecular flexibility index (Phi) is 9.00. The Hall–Kier alpha value is -6.78. The number of benzene rings is 8. The predicted octanol–water partition coefficient (Wildman–Crippen LogP) is 16.6. The number of nitrogens with zero attached hydrogens (tertiary/aromatic N) is 2. The highest BCUT2D eigenvalue weighted by molar-refractivity contribution is 6.90. The Labute approximate surface area is 402 Å². The summed E-state index contributed by atoms with van der Waals surface area (Å²) in [4.78, 5) is 2.57. The minimum Gasteiger partial charge on any atom is -0.456 e. The predicted molar refractivity (Wildman–Crippen MR) is 293 cm³/mol. The molecule has 336 valence electrons. The lowest BCUT2D eigenvalue weighted by atomic mass is 9.44. The highest BCUT2D eigenvalue weighted by atomic mass is 16.3. The lowest BCUT2D eigenvalue weighted by molar-refractivity contribution is 0.590. The molecule has 0 saturated carbocycles. The standard InChI is InChI=1S/C64H61BN2O/c1-36-17-14-18-37(2)56(36)40-21-16-22-45(29-40)66-52-30-41(57-38(3)19-15-20-39(57)4)23-26-50(52)65-60-53(66)35-55-58(48-32-43(63(8,9)10)25-28-54(48)68-55)59(60)49-34-44(64(11,12)13)33-47-46-31-42(62(5,6)7)24-27-51(46)67(65)61(47)49/h14-35H,1-13H3. The van der Waals surface area contributed by atoms with Crippen LogP contribution in [0.25, 0.3) is 77.1 Å². The van der Waals surface area contributed by atoms with E-state index in [9.17, 15) is 0 Å². The fraction of sp³-hybridized carbons (Fsp3) is 0.250. The van der Waals surface area contributed by atoms with Crippen molar-refractivity contribution in [3.63, 3.8) is 0 Å². The van der Waals surface area contributed by atoms with Crippen LogP contribution >= 0.6 is 0 Å². The fourth-order valence-electron chi connectivity index (χ4n) is 12.0. The van der Waals surface area contributed by atoms with Gasteiger partial charge in [-0.05, 0) is 176 Å². The number of hydrogen-bond acceptors (Lipinski definition) is 2. The van der Waals surface area contributed by atoms with Gasteiger partial charge in [-0.3, -0.25) is 0 Å². The number of furan rings is 1. The van der Waals surface area contributed by atoms with E-state index in [-0.39, 0.29) is 23.1 Å². The first-order valence-electron chi connectivity index (χ1n) is 24.6. The summed E-state index contributed by atoms with van der Waals surface area (Å²) in [5, 5.41) is 5.01. The van der Waals surface area contributed by atoms with E-state index in [1.807, 2.05) is 0 Å². The summed E-state index contributed by atoms with van der Waals surface area (Å²) in [5.41, 5.74) is 27.0. The van der Waals surface area contributed by atoms with E-state index >= 15 is 0 Å². The number of hydrogen-bond donors (Lipinski definition) is 0. The van der Waals surface area contributed by atoms with Crippen molar-refractivity contribution in [3.05, 3.63) is 172 Å². The minimum absolute atomic E-state index is 0.0105. The zero-order chi connectivity index (χ0) is 47.5. The van der Waals surface area contributed by atoms with E-state index in [4.69, 9.17) is 4.42 Å². The van der Waals surface area contributed by atoms with Crippen LogP contribution in [-0.4, -0.2) is 11.3 Å². The van der Waals surface area contributed by atoms with Gasteiger partial charge in [-0.25, -0.2) is 0 Å². The third-order valence-corrected chi connectivity index (χ3v) is 15.5. The Balaban J connectivity index is 1.29. The number of rotatable bonds is 3. The lowest BCUT2D eigenvalue weighted by Crippen LogP contribution is -2.56. The van der Waals surface area contributed by atoms with Crippen LogP contribution in [0.2, 0.25) is 0 Å². The van der Waals surface area contributed by atoms with Crippen LogP contribution in [0, 0.1) is 27.7 Å². The van der Waals surface area contributed by atoms with Gasteiger partial charge in [0, 0.05) is 61.3 Å². The first-order chi connectivity index (χ1) is 32.3. The van der Waals surface area contributed by atoms with Crippen LogP contribution in [0.4, 0.5) is 17.1 Å². The van der Waals surface area contributed by atoms with Crippen molar-refractivity contribution in [2.24, 2.45) is 0 Å². The molecule has 2 aliphatic rings. The molecule has 4 heterocycles. The lowest BCUT2D eigenvalue weighted by Gasteiger charge is -2.41. The maximum absolute atomic E-state index is 7.17. The number of aryl methyl sites for hydroxylation is 4. The molecule has 0 radical (unpaired) electrons. The summed E-state index contributed by atoms with van der Waals surface area (Å²) < 4.78 is 9.89. The van der Waals surface area contributed by atoms with E-state index in [0.29, 0.717) is 0 Å². The van der Waals surface area contributed by atoms with Crippen molar-refractivity contribution < 1.29 is 4.42 Å². The highest BCUT2D eigenvalue weighted by Gasteiger charge is 2.45. The molecule has 68 heavy (non-hydrogen) atoms. The van der Waals surface area contributed by atoms with Gasteiger partial charge >= 0.3 is 6.85 Å². The first kappa shape index (κ1) is 42.6.